The van der Waals surface area contributed by atoms with Gasteiger partial charge in [0.2, 0.25) is 0 Å². The van der Waals surface area contributed by atoms with Crippen LogP contribution < -0.4 is 0 Å². The summed E-state index contributed by atoms with van der Waals surface area (Å²) in [5.41, 5.74) is 3.11. The van der Waals surface area contributed by atoms with Crippen LogP contribution in [0.4, 0.5) is 0 Å². The fourth-order valence-electron chi connectivity index (χ4n) is 3.23. The molecule has 24 heavy (non-hydrogen) atoms. The summed E-state index contributed by atoms with van der Waals surface area (Å²) in [6.45, 7) is 7.41. The monoisotopic (exact) mass is 348 g/mol. The summed E-state index contributed by atoms with van der Waals surface area (Å²) in [5, 5.41) is 15.5. The van der Waals surface area contributed by atoms with Gasteiger partial charge in [-0.05, 0) is 12.5 Å². The molecule has 2 heterocycles. The Morgan fingerprint density at radius 3 is 2.33 bits per heavy atom. The fourth-order valence-corrected chi connectivity index (χ4v) is 3.47. The summed E-state index contributed by atoms with van der Waals surface area (Å²) >= 11 is 6.33. The highest BCUT2D eigenvalue weighted by Crippen LogP contribution is 2.21. The first-order valence-electron chi connectivity index (χ1n) is 8.40. The summed E-state index contributed by atoms with van der Waals surface area (Å²) in [4.78, 5) is 4.73. The van der Waals surface area contributed by atoms with Gasteiger partial charge in [0.1, 0.15) is 5.15 Å². The Morgan fingerprint density at radius 1 is 1.12 bits per heavy atom. The number of nitrogens with zero attached hydrogens (tertiary/aromatic N) is 4. The van der Waals surface area contributed by atoms with Crippen molar-refractivity contribution in [3.05, 3.63) is 52.3 Å². The largest absolute Gasteiger partial charge is 0.387 e. The predicted molar refractivity (Wildman–Crippen MR) is 96.1 cm³/mol. The Hall–Kier alpha value is -1.40. The second-order valence-corrected chi connectivity index (χ2v) is 6.84. The van der Waals surface area contributed by atoms with Gasteiger partial charge in [-0.25, -0.2) is 0 Å². The third kappa shape index (κ3) is 3.98. The molecule has 0 saturated carbocycles. The fraction of sp³-hybridized carbons (Fsp3) is 0.500. The number of aliphatic hydroxyl groups is 1. The quantitative estimate of drug-likeness (QED) is 0.900. The lowest BCUT2D eigenvalue weighted by molar-refractivity contribution is 0.0700. The van der Waals surface area contributed by atoms with E-state index in [1.54, 1.807) is 4.68 Å². The van der Waals surface area contributed by atoms with E-state index in [0.29, 0.717) is 6.54 Å². The predicted octanol–water partition coefficient (Wildman–Crippen LogP) is 2.23. The SMILES string of the molecule is Cc1nn(C)c(Cl)c1CN1CCN(C[C@@H](O)c2ccccc2)CC1. The molecule has 2 aromatic rings. The van der Waals surface area contributed by atoms with Crippen LogP contribution in [0.3, 0.4) is 0 Å². The van der Waals surface area contributed by atoms with Crippen LogP contribution in [0.1, 0.15) is 22.9 Å². The molecule has 130 valence electrons. The van der Waals surface area contributed by atoms with Gasteiger partial charge in [-0.2, -0.15) is 5.10 Å². The van der Waals surface area contributed by atoms with Crippen LogP contribution in [-0.2, 0) is 13.6 Å². The molecule has 1 fully saturated rings. The Labute approximate surface area is 148 Å². The molecule has 0 amide bonds. The third-order valence-corrected chi connectivity index (χ3v) is 5.20. The van der Waals surface area contributed by atoms with Crippen LogP contribution in [0.2, 0.25) is 5.15 Å². The van der Waals surface area contributed by atoms with Crippen molar-refractivity contribution in [1.29, 1.82) is 0 Å². The average molecular weight is 349 g/mol. The molecule has 1 aliphatic heterocycles. The lowest BCUT2D eigenvalue weighted by Gasteiger charge is -2.35. The minimum absolute atomic E-state index is 0.423. The molecule has 1 saturated heterocycles. The number of aliphatic hydroxyl groups excluding tert-OH is 1. The van der Waals surface area contributed by atoms with E-state index in [1.807, 2.05) is 44.3 Å². The van der Waals surface area contributed by atoms with Crippen molar-refractivity contribution in [3.8, 4) is 0 Å². The zero-order valence-electron chi connectivity index (χ0n) is 14.3. The van der Waals surface area contributed by atoms with Gasteiger partial charge in [-0.1, -0.05) is 41.9 Å². The van der Waals surface area contributed by atoms with Crippen molar-refractivity contribution in [3.63, 3.8) is 0 Å². The molecular formula is C18H25ClN4O. The molecule has 1 N–H and O–H groups in total. The van der Waals surface area contributed by atoms with Crippen molar-refractivity contribution in [2.45, 2.75) is 19.6 Å². The number of rotatable bonds is 5. The topological polar surface area (TPSA) is 44.5 Å². The van der Waals surface area contributed by atoms with Gasteiger partial charge < -0.3 is 5.11 Å². The molecule has 3 rings (SSSR count). The molecule has 1 aromatic carbocycles. The molecule has 0 radical (unpaired) electrons. The standard InChI is InChI=1S/C18H25ClN4O/c1-14-16(18(19)21(2)20-14)12-22-8-10-23(11-9-22)13-17(24)15-6-4-3-5-7-15/h3-7,17,24H,8-13H2,1-2H3/t17-/m1/s1. The van der Waals surface area contributed by atoms with E-state index in [0.717, 1.165) is 54.7 Å². The van der Waals surface area contributed by atoms with Gasteiger partial charge in [0, 0.05) is 51.9 Å². The van der Waals surface area contributed by atoms with Crippen LogP contribution >= 0.6 is 11.6 Å². The number of piperazine rings is 1. The minimum Gasteiger partial charge on any atom is -0.387 e. The maximum Gasteiger partial charge on any atom is 0.131 e. The molecule has 0 aliphatic carbocycles. The van der Waals surface area contributed by atoms with E-state index < -0.39 is 6.10 Å². The van der Waals surface area contributed by atoms with E-state index in [9.17, 15) is 5.11 Å². The molecule has 0 spiro atoms. The first-order valence-corrected chi connectivity index (χ1v) is 8.78. The number of benzene rings is 1. The second-order valence-electron chi connectivity index (χ2n) is 6.48. The Balaban J connectivity index is 1.51. The van der Waals surface area contributed by atoms with Crippen molar-refractivity contribution in [2.24, 2.45) is 7.05 Å². The molecule has 5 nitrogen and oxygen atoms in total. The number of hydrogen-bond acceptors (Lipinski definition) is 4. The number of aromatic nitrogens is 2. The Kier molecular flexibility index (Phi) is 5.56. The Bertz CT molecular complexity index is 665. The average Bonchev–Trinajstić information content (AvgIpc) is 2.83. The first-order chi connectivity index (χ1) is 11.5. The molecular weight excluding hydrogens is 324 g/mol. The van der Waals surface area contributed by atoms with Crippen LogP contribution in [0.15, 0.2) is 30.3 Å². The van der Waals surface area contributed by atoms with Gasteiger partial charge in [-0.15, -0.1) is 0 Å². The van der Waals surface area contributed by atoms with E-state index in [2.05, 4.69) is 14.9 Å². The maximum atomic E-state index is 10.4. The lowest BCUT2D eigenvalue weighted by Crippen LogP contribution is -2.47. The molecule has 0 unspecified atom stereocenters. The summed E-state index contributed by atoms with van der Waals surface area (Å²) in [6, 6.07) is 9.87. The van der Waals surface area contributed by atoms with E-state index in [1.165, 1.54) is 0 Å². The maximum absolute atomic E-state index is 10.4. The van der Waals surface area contributed by atoms with Crippen LogP contribution in [0.25, 0.3) is 0 Å². The normalized spacial score (nSPS) is 18.0. The van der Waals surface area contributed by atoms with Crippen molar-refractivity contribution in [1.82, 2.24) is 19.6 Å². The minimum atomic E-state index is -0.423. The smallest absolute Gasteiger partial charge is 0.131 e. The summed E-state index contributed by atoms with van der Waals surface area (Å²) in [6.07, 6.45) is -0.423. The number of halogens is 1. The van der Waals surface area contributed by atoms with E-state index in [-0.39, 0.29) is 0 Å². The Morgan fingerprint density at radius 2 is 1.75 bits per heavy atom. The summed E-state index contributed by atoms with van der Waals surface area (Å²) < 4.78 is 1.73. The van der Waals surface area contributed by atoms with Crippen molar-refractivity contribution >= 4 is 11.6 Å². The van der Waals surface area contributed by atoms with Crippen LogP contribution in [0.5, 0.6) is 0 Å². The van der Waals surface area contributed by atoms with Gasteiger partial charge in [0.15, 0.2) is 0 Å². The highest BCUT2D eigenvalue weighted by molar-refractivity contribution is 6.30. The van der Waals surface area contributed by atoms with E-state index >= 15 is 0 Å². The molecule has 1 aromatic heterocycles. The van der Waals surface area contributed by atoms with Crippen LogP contribution in [-0.4, -0.2) is 57.4 Å². The van der Waals surface area contributed by atoms with Crippen molar-refractivity contribution < 1.29 is 5.11 Å². The number of hydrogen-bond donors (Lipinski definition) is 1. The highest BCUT2D eigenvalue weighted by atomic mass is 35.5. The summed E-state index contributed by atoms with van der Waals surface area (Å²) in [5.74, 6) is 0. The summed E-state index contributed by atoms with van der Waals surface area (Å²) in [7, 11) is 1.88. The highest BCUT2D eigenvalue weighted by Gasteiger charge is 2.22. The molecule has 1 atom stereocenters. The van der Waals surface area contributed by atoms with Crippen LogP contribution in [0, 0.1) is 6.92 Å². The molecule has 6 heteroatoms. The molecule has 0 bridgehead atoms. The van der Waals surface area contributed by atoms with Gasteiger partial charge in [0.05, 0.1) is 11.8 Å². The number of aryl methyl sites for hydroxylation is 2. The first kappa shape index (κ1) is 17.4. The van der Waals surface area contributed by atoms with E-state index in [4.69, 9.17) is 11.6 Å². The number of β-amino-alcohol motifs (C(OH)–C–C–N with tert-alkyl or cyclic N) is 1. The van der Waals surface area contributed by atoms with Gasteiger partial charge in [0.25, 0.3) is 0 Å². The van der Waals surface area contributed by atoms with Gasteiger partial charge in [-0.3, -0.25) is 14.5 Å². The second kappa shape index (κ2) is 7.66. The third-order valence-electron chi connectivity index (χ3n) is 4.73. The zero-order valence-corrected chi connectivity index (χ0v) is 15.1. The molecule has 1 aliphatic rings. The van der Waals surface area contributed by atoms with Gasteiger partial charge >= 0.3 is 0 Å². The van der Waals surface area contributed by atoms with Crippen molar-refractivity contribution in [2.75, 3.05) is 32.7 Å². The zero-order chi connectivity index (χ0) is 17.1. The lowest BCUT2D eigenvalue weighted by atomic mass is 10.1.